The number of imidazole rings is 1. The number of carbonyl (C=O) groups excluding carboxylic acids is 1. The molecule has 1 amide bonds. The molecule has 1 aliphatic rings. The lowest BCUT2D eigenvalue weighted by Crippen LogP contribution is -2.34. The molecule has 0 radical (unpaired) electrons. The van der Waals surface area contributed by atoms with Gasteiger partial charge in [0.25, 0.3) is 5.91 Å². The Kier molecular flexibility index (Phi) is 6.87. The van der Waals surface area contributed by atoms with Gasteiger partial charge in [-0.3, -0.25) is 4.79 Å². The lowest BCUT2D eigenvalue weighted by molar-refractivity contribution is 0.0722. The van der Waals surface area contributed by atoms with Crippen molar-refractivity contribution < 1.29 is 13.6 Å². The molecule has 6 heteroatoms. The van der Waals surface area contributed by atoms with Crippen LogP contribution in [0, 0.1) is 17.6 Å². The first-order valence-electron chi connectivity index (χ1n) is 11.6. The maximum atomic E-state index is 14.4. The summed E-state index contributed by atoms with van der Waals surface area (Å²) in [5.41, 5.74) is 1.75. The number of benzene rings is 2. The highest BCUT2D eigenvalue weighted by atomic mass is 19.1. The van der Waals surface area contributed by atoms with Gasteiger partial charge in [0.1, 0.15) is 17.5 Å². The Morgan fingerprint density at radius 3 is 2.62 bits per heavy atom. The third-order valence-corrected chi connectivity index (χ3v) is 6.36. The minimum Gasteiger partial charge on any atom is -0.331 e. The van der Waals surface area contributed by atoms with Gasteiger partial charge >= 0.3 is 0 Å². The smallest absolute Gasteiger partial charge is 0.257 e. The van der Waals surface area contributed by atoms with E-state index in [0.717, 1.165) is 54.3 Å². The lowest BCUT2D eigenvalue weighted by atomic mass is 9.95. The van der Waals surface area contributed by atoms with Crippen molar-refractivity contribution in [3.05, 3.63) is 65.5 Å². The molecule has 32 heavy (non-hydrogen) atoms. The van der Waals surface area contributed by atoms with Crippen LogP contribution in [0.5, 0.6) is 0 Å². The topological polar surface area (TPSA) is 38.1 Å². The summed E-state index contributed by atoms with van der Waals surface area (Å²) in [7, 11) is 0. The summed E-state index contributed by atoms with van der Waals surface area (Å²) in [6, 6.07) is 11.4. The van der Waals surface area contributed by atoms with Crippen LogP contribution in [0.2, 0.25) is 0 Å². The summed E-state index contributed by atoms with van der Waals surface area (Å²) < 4.78 is 30.5. The number of para-hydroxylation sites is 2. The molecular formula is C26H31F2N3O. The van der Waals surface area contributed by atoms with E-state index in [4.69, 9.17) is 4.98 Å². The van der Waals surface area contributed by atoms with Gasteiger partial charge in [-0.15, -0.1) is 0 Å². The van der Waals surface area contributed by atoms with Crippen LogP contribution in [-0.4, -0.2) is 26.9 Å². The number of halogens is 2. The van der Waals surface area contributed by atoms with Crippen LogP contribution >= 0.6 is 0 Å². The SMILES string of the molecule is CC(C)CCN(Cc1nc2ccccc2n1C1CCCCC1)C(=O)c1cc(F)ccc1F. The molecular weight excluding hydrogens is 408 g/mol. The summed E-state index contributed by atoms with van der Waals surface area (Å²) in [5, 5.41) is 0. The summed E-state index contributed by atoms with van der Waals surface area (Å²) in [5.74, 6) is -0.628. The van der Waals surface area contributed by atoms with E-state index in [0.29, 0.717) is 18.5 Å². The molecule has 1 aromatic heterocycles. The van der Waals surface area contributed by atoms with Gasteiger partial charge in [-0.1, -0.05) is 45.2 Å². The van der Waals surface area contributed by atoms with Crippen LogP contribution in [-0.2, 0) is 6.54 Å². The molecule has 1 heterocycles. The maximum absolute atomic E-state index is 14.4. The molecule has 0 bridgehead atoms. The van der Waals surface area contributed by atoms with Crippen LogP contribution in [0.3, 0.4) is 0 Å². The first-order valence-corrected chi connectivity index (χ1v) is 11.6. The van der Waals surface area contributed by atoms with Crippen LogP contribution in [0.4, 0.5) is 8.78 Å². The molecule has 0 spiro atoms. The van der Waals surface area contributed by atoms with Gasteiger partial charge in [-0.25, -0.2) is 13.8 Å². The number of hydrogen-bond donors (Lipinski definition) is 0. The van der Waals surface area contributed by atoms with Gasteiger partial charge < -0.3 is 9.47 Å². The Morgan fingerprint density at radius 1 is 1.12 bits per heavy atom. The van der Waals surface area contributed by atoms with Crippen LogP contribution in [0.1, 0.15) is 74.6 Å². The monoisotopic (exact) mass is 439 g/mol. The van der Waals surface area contributed by atoms with E-state index in [1.807, 2.05) is 18.2 Å². The highest BCUT2D eigenvalue weighted by molar-refractivity contribution is 5.94. The Hall–Kier alpha value is -2.76. The number of hydrogen-bond acceptors (Lipinski definition) is 2. The molecule has 0 unspecified atom stereocenters. The second kappa shape index (κ2) is 9.80. The first-order chi connectivity index (χ1) is 15.4. The minimum atomic E-state index is -0.702. The average Bonchev–Trinajstić information content (AvgIpc) is 3.16. The van der Waals surface area contributed by atoms with E-state index in [-0.39, 0.29) is 12.1 Å². The van der Waals surface area contributed by atoms with Gasteiger partial charge in [-0.05, 0) is 55.5 Å². The van der Waals surface area contributed by atoms with Crippen molar-refractivity contribution in [2.75, 3.05) is 6.54 Å². The third-order valence-electron chi connectivity index (χ3n) is 6.36. The fourth-order valence-corrected chi connectivity index (χ4v) is 4.62. The van der Waals surface area contributed by atoms with Crippen molar-refractivity contribution in [3.63, 3.8) is 0 Å². The van der Waals surface area contributed by atoms with E-state index < -0.39 is 17.5 Å². The van der Waals surface area contributed by atoms with Gasteiger partial charge in [0.05, 0.1) is 23.1 Å². The summed E-state index contributed by atoms with van der Waals surface area (Å²) in [4.78, 5) is 19.8. The second-order valence-corrected chi connectivity index (χ2v) is 9.21. The van der Waals surface area contributed by atoms with E-state index in [1.54, 1.807) is 4.90 Å². The Bertz CT molecular complexity index is 1090. The van der Waals surface area contributed by atoms with Crippen molar-refractivity contribution in [1.82, 2.24) is 14.5 Å². The van der Waals surface area contributed by atoms with Gasteiger partial charge in [0.2, 0.25) is 0 Å². The lowest BCUT2D eigenvalue weighted by Gasteiger charge is -2.28. The molecule has 0 aliphatic heterocycles. The third kappa shape index (κ3) is 4.84. The first kappa shape index (κ1) is 22.4. The van der Waals surface area contributed by atoms with Gasteiger partial charge in [-0.2, -0.15) is 0 Å². The number of aromatic nitrogens is 2. The predicted molar refractivity (Wildman–Crippen MR) is 122 cm³/mol. The Morgan fingerprint density at radius 2 is 1.88 bits per heavy atom. The predicted octanol–water partition coefficient (Wildman–Crippen LogP) is 6.51. The van der Waals surface area contributed by atoms with Gasteiger partial charge in [0, 0.05) is 12.6 Å². The van der Waals surface area contributed by atoms with Crippen molar-refractivity contribution in [2.24, 2.45) is 5.92 Å². The van der Waals surface area contributed by atoms with Crippen LogP contribution < -0.4 is 0 Å². The molecule has 4 nitrogen and oxygen atoms in total. The zero-order chi connectivity index (χ0) is 22.7. The maximum Gasteiger partial charge on any atom is 0.257 e. The second-order valence-electron chi connectivity index (χ2n) is 9.21. The van der Waals surface area contributed by atoms with Crippen molar-refractivity contribution >= 4 is 16.9 Å². The van der Waals surface area contributed by atoms with Crippen molar-refractivity contribution in [3.8, 4) is 0 Å². The van der Waals surface area contributed by atoms with Crippen molar-refractivity contribution in [2.45, 2.75) is 65.0 Å². The fourth-order valence-electron chi connectivity index (χ4n) is 4.62. The molecule has 0 saturated heterocycles. The zero-order valence-corrected chi connectivity index (χ0v) is 18.9. The quantitative estimate of drug-likeness (QED) is 0.421. The standard InChI is InChI=1S/C26H31F2N3O/c1-18(2)14-15-30(26(32)21-16-19(27)12-13-22(21)28)17-25-29-23-10-6-7-11-24(23)31(25)20-8-4-3-5-9-20/h6-7,10-13,16,18,20H,3-5,8-9,14-15,17H2,1-2H3. The molecule has 1 aliphatic carbocycles. The molecule has 1 fully saturated rings. The highest BCUT2D eigenvalue weighted by Crippen LogP contribution is 2.33. The van der Waals surface area contributed by atoms with E-state index in [2.05, 4.69) is 24.5 Å². The molecule has 1 saturated carbocycles. The normalized spacial score (nSPS) is 14.9. The molecule has 0 atom stereocenters. The van der Waals surface area contributed by atoms with E-state index in [9.17, 15) is 13.6 Å². The van der Waals surface area contributed by atoms with Gasteiger partial charge in [0.15, 0.2) is 0 Å². The number of carbonyl (C=O) groups is 1. The Balaban J connectivity index is 1.71. The number of fused-ring (bicyclic) bond motifs is 1. The van der Waals surface area contributed by atoms with Crippen molar-refractivity contribution in [1.29, 1.82) is 0 Å². The molecule has 2 aromatic carbocycles. The van der Waals surface area contributed by atoms with E-state index >= 15 is 0 Å². The number of amides is 1. The van der Waals surface area contributed by atoms with E-state index in [1.165, 1.54) is 19.3 Å². The summed E-state index contributed by atoms with van der Waals surface area (Å²) >= 11 is 0. The van der Waals surface area contributed by atoms with Crippen LogP contribution in [0.15, 0.2) is 42.5 Å². The fraction of sp³-hybridized carbons (Fsp3) is 0.462. The largest absolute Gasteiger partial charge is 0.331 e. The summed E-state index contributed by atoms with van der Waals surface area (Å²) in [6.07, 6.45) is 6.56. The highest BCUT2D eigenvalue weighted by Gasteiger charge is 2.26. The molecule has 170 valence electrons. The molecule has 3 aromatic rings. The average molecular weight is 440 g/mol. The summed E-state index contributed by atoms with van der Waals surface area (Å²) in [6.45, 7) is 4.90. The molecule has 4 rings (SSSR count). The molecule has 0 N–H and O–H groups in total. The Labute approximate surface area is 188 Å². The zero-order valence-electron chi connectivity index (χ0n) is 18.9. The number of rotatable bonds is 7. The van der Waals surface area contributed by atoms with Crippen LogP contribution in [0.25, 0.3) is 11.0 Å². The number of nitrogens with zero attached hydrogens (tertiary/aromatic N) is 3. The minimum absolute atomic E-state index is 0.228.